The lowest BCUT2D eigenvalue weighted by Gasteiger charge is -2.20. The number of hydrogen-bond acceptors (Lipinski definition) is 2. The average Bonchev–Trinajstić information content (AvgIpc) is 2.68. The summed E-state index contributed by atoms with van der Waals surface area (Å²) in [6.07, 6.45) is -4.24. The minimum atomic E-state index is -4.50. The fraction of sp³-hybridized carbons (Fsp3) is 0.500. The van der Waals surface area contributed by atoms with Crippen molar-refractivity contribution in [1.82, 2.24) is 0 Å². The molecule has 1 aromatic rings. The van der Waals surface area contributed by atoms with Crippen LogP contribution in [0.3, 0.4) is 0 Å². The van der Waals surface area contributed by atoms with E-state index in [0.717, 1.165) is 19.2 Å². The standard InChI is InChI=1S/C14H16F3NO/c1-9-6-18(7-10(9)2)12-4-3-11(8-19)13(5-12)14(15,16)17/h3-5,8-10H,6-7H2,1-2H3. The molecule has 1 fully saturated rings. The van der Waals surface area contributed by atoms with Gasteiger partial charge in [0.25, 0.3) is 0 Å². The molecule has 1 aromatic carbocycles. The number of carbonyl (C=O) groups excluding carboxylic acids is 1. The Hall–Kier alpha value is -1.52. The van der Waals surface area contributed by atoms with Gasteiger partial charge in [-0.3, -0.25) is 4.79 Å². The third kappa shape index (κ3) is 2.74. The summed E-state index contributed by atoms with van der Waals surface area (Å²) >= 11 is 0. The number of alkyl halides is 3. The van der Waals surface area contributed by atoms with E-state index >= 15 is 0 Å². The molecule has 0 amide bonds. The molecule has 104 valence electrons. The van der Waals surface area contributed by atoms with Crippen molar-refractivity contribution in [1.29, 1.82) is 0 Å². The van der Waals surface area contributed by atoms with Gasteiger partial charge >= 0.3 is 6.18 Å². The molecule has 19 heavy (non-hydrogen) atoms. The van der Waals surface area contributed by atoms with Crippen LogP contribution < -0.4 is 4.90 Å². The number of halogens is 3. The van der Waals surface area contributed by atoms with Crippen LogP contribution in [0.5, 0.6) is 0 Å². The van der Waals surface area contributed by atoms with Crippen LogP contribution >= 0.6 is 0 Å². The molecule has 2 rings (SSSR count). The summed E-state index contributed by atoms with van der Waals surface area (Å²) in [5.74, 6) is 0.917. The molecular formula is C14H16F3NO. The highest BCUT2D eigenvalue weighted by molar-refractivity contribution is 5.79. The second-order valence-electron chi connectivity index (χ2n) is 5.25. The number of nitrogens with zero attached hydrogens (tertiary/aromatic N) is 1. The van der Waals surface area contributed by atoms with Crippen molar-refractivity contribution in [2.75, 3.05) is 18.0 Å². The Balaban J connectivity index is 2.36. The molecule has 2 atom stereocenters. The molecule has 0 N–H and O–H groups in total. The van der Waals surface area contributed by atoms with Crippen LogP contribution in [0, 0.1) is 11.8 Å². The second-order valence-corrected chi connectivity index (χ2v) is 5.25. The zero-order chi connectivity index (χ0) is 14.2. The van der Waals surface area contributed by atoms with Gasteiger partial charge in [-0.15, -0.1) is 0 Å². The molecule has 1 heterocycles. The van der Waals surface area contributed by atoms with Crippen LogP contribution in [0.25, 0.3) is 0 Å². The van der Waals surface area contributed by atoms with E-state index < -0.39 is 11.7 Å². The monoisotopic (exact) mass is 271 g/mol. The highest BCUT2D eigenvalue weighted by atomic mass is 19.4. The van der Waals surface area contributed by atoms with E-state index in [2.05, 4.69) is 13.8 Å². The summed E-state index contributed by atoms with van der Waals surface area (Å²) < 4.78 is 38.6. The minimum Gasteiger partial charge on any atom is -0.371 e. The Kier molecular flexibility index (Phi) is 3.56. The van der Waals surface area contributed by atoms with E-state index in [1.54, 1.807) is 6.07 Å². The molecular weight excluding hydrogens is 255 g/mol. The Morgan fingerprint density at radius 2 is 1.79 bits per heavy atom. The Bertz CT molecular complexity index is 474. The molecule has 0 bridgehead atoms. The van der Waals surface area contributed by atoms with Gasteiger partial charge < -0.3 is 4.90 Å². The van der Waals surface area contributed by atoms with E-state index in [-0.39, 0.29) is 11.8 Å². The third-order valence-electron chi connectivity index (χ3n) is 3.82. The first-order chi connectivity index (χ1) is 8.82. The minimum absolute atomic E-state index is 0.252. The number of rotatable bonds is 2. The van der Waals surface area contributed by atoms with Crippen molar-refractivity contribution in [3.05, 3.63) is 29.3 Å². The molecule has 1 saturated heterocycles. The SMILES string of the molecule is CC1CN(c2ccc(C=O)c(C(F)(F)F)c2)CC1C. The van der Waals surface area contributed by atoms with Crippen molar-refractivity contribution in [3.8, 4) is 0 Å². The predicted molar refractivity (Wildman–Crippen MR) is 67.4 cm³/mol. The highest BCUT2D eigenvalue weighted by Crippen LogP contribution is 2.35. The summed E-state index contributed by atoms with van der Waals surface area (Å²) in [6.45, 7) is 5.68. The first-order valence-corrected chi connectivity index (χ1v) is 6.24. The van der Waals surface area contributed by atoms with Crippen molar-refractivity contribution in [2.45, 2.75) is 20.0 Å². The van der Waals surface area contributed by atoms with Crippen molar-refractivity contribution < 1.29 is 18.0 Å². The quantitative estimate of drug-likeness (QED) is 0.766. The van der Waals surface area contributed by atoms with Crippen LogP contribution in [0.4, 0.5) is 18.9 Å². The molecule has 5 heteroatoms. The van der Waals surface area contributed by atoms with Gasteiger partial charge in [-0.25, -0.2) is 0 Å². The van der Waals surface area contributed by atoms with Crippen molar-refractivity contribution in [2.24, 2.45) is 11.8 Å². The maximum atomic E-state index is 12.9. The van der Waals surface area contributed by atoms with Gasteiger partial charge in [0.05, 0.1) is 5.56 Å². The summed E-state index contributed by atoms with van der Waals surface area (Å²) in [7, 11) is 0. The summed E-state index contributed by atoms with van der Waals surface area (Å²) in [4.78, 5) is 12.6. The summed E-state index contributed by atoms with van der Waals surface area (Å²) in [6, 6.07) is 3.91. The normalized spacial score (nSPS) is 23.7. The van der Waals surface area contributed by atoms with Crippen molar-refractivity contribution >= 4 is 12.0 Å². The number of benzene rings is 1. The van der Waals surface area contributed by atoms with E-state index in [1.807, 2.05) is 4.90 Å². The van der Waals surface area contributed by atoms with E-state index in [9.17, 15) is 18.0 Å². The van der Waals surface area contributed by atoms with E-state index in [4.69, 9.17) is 0 Å². The number of carbonyl (C=O) groups is 1. The number of anilines is 1. The Morgan fingerprint density at radius 1 is 1.21 bits per heavy atom. The third-order valence-corrected chi connectivity index (χ3v) is 3.82. The molecule has 1 aliphatic rings. The smallest absolute Gasteiger partial charge is 0.371 e. The number of hydrogen-bond donors (Lipinski definition) is 0. The molecule has 0 radical (unpaired) electrons. The molecule has 2 unspecified atom stereocenters. The first kappa shape index (κ1) is 13.9. The molecule has 0 aromatic heterocycles. The highest BCUT2D eigenvalue weighted by Gasteiger charge is 2.35. The van der Waals surface area contributed by atoms with Gasteiger partial charge in [-0.1, -0.05) is 13.8 Å². The van der Waals surface area contributed by atoms with E-state index in [1.165, 1.54) is 6.07 Å². The summed E-state index contributed by atoms with van der Waals surface area (Å²) in [5.41, 5.74) is -0.627. The van der Waals surface area contributed by atoms with Crippen LogP contribution in [0.15, 0.2) is 18.2 Å². The predicted octanol–water partition coefficient (Wildman–Crippen LogP) is 3.61. The Morgan fingerprint density at radius 3 is 2.26 bits per heavy atom. The number of aldehydes is 1. The fourth-order valence-corrected chi connectivity index (χ4v) is 2.43. The van der Waals surface area contributed by atoms with Gasteiger partial charge in [-0.2, -0.15) is 13.2 Å². The van der Waals surface area contributed by atoms with Gasteiger partial charge in [0.2, 0.25) is 0 Å². The Labute approximate surface area is 110 Å². The molecule has 0 saturated carbocycles. The van der Waals surface area contributed by atoms with Crippen molar-refractivity contribution in [3.63, 3.8) is 0 Å². The molecule has 1 aliphatic heterocycles. The van der Waals surface area contributed by atoms with Crippen LogP contribution in [0.2, 0.25) is 0 Å². The lowest BCUT2D eigenvalue weighted by atomic mass is 10.0. The van der Waals surface area contributed by atoms with Gasteiger partial charge in [0, 0.05) is 24.3 Å². The maximum absolute atomic E-state index is 12.9. The lowest BCUT2D eigenvalue weighted by Crippen LogP contribution is -2.20. The van der Waals surface area contributed by atoms with Gasteiger partial charge in [0.15, 0.2) is 6.29 Å². The second kappa shape index (κ2) is 4.87. The zero-order valence-electron chi connectivity index (χ0n) is 10.9. The van der Waals surface area contributed by atoms with Gasteiger partial charge in [-0.05, 0) is 30.0 Å². The average molecular weight is 271 g/mol. The van der Waals surface area contributed by atoms with Crippen LogP contribution in [-0.2, 0) is 6.18 Å². The maximum Gasteiger partial charge on any atom is 0.417 e. The molecule has 0 aliphatic carbocycles. The fourth-order valence-electron chi connectivity index (χ4n) is 2.43. The summed E-state index contributed by atoms with van der Waals surface area (Å²) in [5, 5.41) is 0. The van der Waals surface area contributed by atoms with E-state index in [0.29, 0.717) is 17.5 Å². The largest absolute Gasteiger partial charge is 0.417 e. The zero-order valence-corrected chi connectivity index (χ0v) is 10.9. The lowest BCUT2D eigenvalue weighted by molar-refractivity contribution is -0.137. The molecule has 0 spiro atoms. The topological polar surface area (TPSA) is 20.3 Å². The van der Waals surface area contributed by atoms with Crippen LogP contribution in [0.1, 0.15) is 29.8 Å². The first-order valence-electron chi connectivity index (χ1n) is 6.24. The molecule has 2 nitrogen and oxygen atoms in total. The van der Waals surface area contributed by atoms with Crippen LogP contribution in [-0.4, -0.2) is 19.4 Å². The van der Waals surface area contributed by atoms with Gasteiger partial charge in [0.1, 0.15) is 0 Å².